The average molecular weight is 375 g/mol. The fourth-order valence-corrected chi connectivity index (χ4v) is 3.14. The van der Waals surface area contributed by atoms with Crippen LogP contribution in [0, 0.1) is 5.82 Å². The normalized spacial score (nSPS) is 10.6. The molecule has 0 aromatic heterocycles. The number of nitrogens with one attached hydrogen (secondary N) is 1. The van der Waals surface area contributed by atoms with Crippen molar-refractivity contribution < 1.29 is 14.0 Å². The lowest BCUT2D eigenvalue weighted by molar-refractivity contribution is -0.116. The van der Waals surface area contributed by atoms with Gasteiger partial charge < -0.3 is 16.0 Å². The minimum absolute atomic E-state index is 0.0608. The molecule has 0 heterocycles. The Bertz CT molecular complexity index is 766. The van der Waals surface area contributed by atoms with Gasteiger partial charge in [0, 0.05) is 16.6 Å². The van der Waals surface area contributed by atoms with Gasteiger partial charge in [-0.1, -0.05) is 12.1 Å². The minimum Gasteiger partial charge on any atom is -0.369 e. The number of para-hydroxylation sites is 1. The van der Waals surface area contributed by atoms with E-state index in [4.69, 9.17) is 5.73 Å². The van der Waals surface area contributed by atoms with Gasteiger partial charge >= 0.3 is 0 Å². The summed E-state index contributed by atoms with van der Waals surface area (Å²) in [5, 5.41) is 2.87. The van der Waals surface area contributed by atoms with Crippen LogP contribution in [0.1, 0.15) is 13.8 Å². The quantitative estimate of drug-likeness (QED) is 0.695. The fourth-order valence-electron chi connectivity index (χ4n) is 2.39. The molecule has 2 aromatic carbocycles. The highest BCUT2D eigenvalue weighted by Gasteiger charge is 2.16. The Hall–Kier alpha value is -2.54. The van der Waals surface area contributed by atoms with Crippen molar-refractivity contribution >= 4 is 35.0 Å². The van der Waals surface area contributed by atoms with Gasteiger partial charge in [0.2, 0.25) is 11.8 Å². The highest BCUT2D eigenvalue weighted by molar-refractivity contribution is 8.00. The summed E-state index contributed by atoms with van der Waals surface area (Å²) in [7, 11) is 0. The largest absolute Gasteiger partial charge is 0.369 e. The summed E-state index contributed by atoms with van der Waals surface area (Å²) < 4.78 is 13.1. The maximum atomic E-state index is 13.1. The van der Waals surface area contributed by atoms with Crippen LogP contribution in [0.2, 0.25) is 0 Å². The standard InChI is InChI=1S/C19H22FN3O2S/c1-13(2)23(15-9-7-14(20)8-10-15)11-19(25)22-16-5-3-4-6-17(16)26-12-18(21)24/h3-10,13H,11-12H2,1-2H3,(H2,21,24)(H,22,25). The first-order valence-electron chi connectivity index (χ1n) is 8.19. The van der Waals surface area contributed by atoms with Crippen molar-refractivity contribution in [2.24, 2.45) is 5.73 Å². The highest BCUT2D eigenvalue weighted by Crippen LogP contribution is 2.27. The molecule has 0 atom stereocenters. The maximum Gasteiger partial charge on any atom is 0.243 e. The Kier molecular flexibility index (Phi) is 7.03. The number of nitrogens with two attached hydrogens (primary N) is 1. The van der Waals surface area contributed by atoms with Gasteiger partial charge in [-0.15, -0.1) is 11.8 Å². The molecule has 0 aliphatic carbocycles. The molecule has 0 spiro atoms. The van der Waals surface area contributed by atoms with Crippen LogP contribution in [0.25, 0.3) is 0 Å². The second-order valence-corrected chi connectivity index (χ2v) is 7.01. The number of halogens is 1. The molecule has 0 bridgehead atoms. The third-order valence-electron chi connectivity index (χ3n) is 3.63. The number of carbonyl (C=O) groups excluding carboxylic acids is 2. The van der Waals surface area contributed by atoms with Crippen molar-refractivity contribution in [3.63, 3.8) is 0 Å². The number of anilines is 2. The van der Waals surface area contributed by atoms with E-state index in [9.17, 15) is 14.0 Å². The van der Waals surface area contributed by atoms with Gasteiger partial charge in [0.05, 0.1) is 18.0 Å². The fraction of sp³-hybridized carbons (Fsp3) is 0.263. The molecule has 2 amide bonds. The third-order valence-corrected chi connectivity index (χ3v) is 4.72. The Morgan fingerprint density at radius 2 is 1.81 bits per heavy atom. The summed E-state index contributed by atoms with van der Waals surface area (Å²) >= 11 is 1.28. The van der Waals surface area contributed by atoms with Gasteiger partial charge in [-0.05, 0) is 50.2 Å². The van der Waals surface area contributed by atoms with Crippen LogP contribution in [0.5, 0.6) is 0 Å². The number of amides is 2. The summed E-state index contributed by atoms with van der Waals surface area (Å²) in [5.41, 5.74) is 6.59. The van der Waals surface area contributed by atoms with E-state index in [0.29, 0.717) is 5.69 Å². The number of carbonyl (C=O) groups is 2. The van der Waals surface area contributed by atoms with Gasteiger partial charge in [-0.3, -0.25) is 9.59 Å². The Morgan fingerprint density at radius 3 is 2.42 bits per heavy atom. The van der Waals surface area contributed by atoms with Crippen molar-refractivity contribution in [1.82, 2.24) is 0 Å². The topological polar surface area (TPSA) is 75.4 Å². The van der Waals surface area contributed by atoms with Gasteiger partial charge in [-0.25, -0.2) is 4.39 Å². The molecule has 3 N–H and O–H groups in total. The lowest BCUT2D eigenvalue weighted by Crippen LogP contribution is -2.38. The number of benzene rings is 2. The van der Waals surface area contributed by atoms with E-state index < -0.39 is 5.91 Å². The number of thioether (sulfide) groups is 1. The predicted octanol–water partition coefficient (Wildman–Crippen LogP) is 3.26. The zero-order valence-corrected chi connectivity index (χ0v) is 15.6. The van der Waals surface area contributed by atoms with Gasteiger partial charge in [0.25, 0.3) is 0 Å². The lowest BCUT2D eigenvalue weighted by atomic mass is 10.2. The van der Waals surface area contributed by atoms with Crippen molar-refractivity contribution in [3.8, 4) is 0 Å². The molecule has 0 saturated carbocycles. The smallest absolute Gasteiger partial charge is 0.243 e. The van der Waals surface area contributed by atoms with E-state index in [2.05, 4.69) is 5.32 Å². The lowest BCUT2D eigenvalue weighted by Gasteiger charge is -2.28. The molecule has 0 radical (unpaired) electrons. The zero-order chi connectivity index (χ0) is 19.1. The van der Waals surface area contributed by atoms with Crippen LogP contribution in [0.3, 0.4) is 0 Å². The summed E-state index contributed by atoms with van der Waals surface area (Å²) in [6.07, 6.45) is 0. The molecule has 0 aliphatic heterocycles. The van der Waals surface area contributed by atoms with Crippen LogP contribution < -0.4 is 16.0 Å². The van der Waals surface area contributed by atoms with Crippen LogP contribution in [0.4, 0.5) is 15.8 Å². The average Bonchev–Trinajstić information content (AvgIpc) is 2.59. The number of nitrogens with zero attached hydrogens (tertiary/aromatic N) is 1. The number of primary amides is 1. The number of hydrogen-bond donors (Lipinski definition) is 2. The molecular weight excluding hydrogens is 353 g/mol. The first-order valence-corrected chi connectivity index (χ1v) is 9.17. The molecule has 0 unspecified atom stereocenters. The van der Waals surface area contributed by atoms with E-state index in [1.54, 1.807) is 18.2 Å². The first kappa shape index (κ1) is 19.8. The summed E-state index contributed by atoms with van der Waals surface area (Å²) in [6.45, 7) is 4.05. The molecule has 138 valence electrons. The van der Waals surface area contributed by atoms with Crippen LogP contribution in [-0.2, 0) is 9.59 Å². The van der Waals surface area contributed by atoms with E-state index in [1.807, 2.05) is 36.9 Å². The zero-order valence-electron chi connectivity index (χ0n) is 14.7. The van der Waals surface area contributed by atoms with Crippen LogP contribution >= 0.6 is 11.8 Å². The predicted molar refractivity (Wildman–Crippen MR) is 104 cm³/mol. The molecule has 0 saturated heterocycles. The Morgan fingerprint density at radius 1 is 1.15 bits per heavy atom. The highest BCUT2D eigenvalue weighted by atomic mass is 32.2. The summed E-state index contributed by atoms with van der Waals surface area (Å²) in [6, 6.07) is 13.4. The van der Waals surface area contributed by atoms with Gasteiger partial charge in [-0.2, -0.15) is 0 Å². The maximum absolute atomic E-state index is 13.1. The summed E-state index contributed by atoms with van der Waals surface area (Å²) in [5.74, 6) is -0.795. The van der Waals surface area contributed by atoms with E-state index in [-0.39, 0.29) is 30.1 Å². The monoisotopic (exact) mass is 375 g/mol. The SMILES string of the molecule is CC(C)N(CC(=O)Nc1ccccc1SCC(N)=O)c1ccc(F)cc1. The molecule has 2 aromatic rings. The third kappa shape index (κ3) is 5.77. The number of hydrogen-bond acceptors (Lipinski definition) is 4. The number of rotatable bonds is 8. The second kappa shape index (κ2) is 9.24. The molecule has 26 heavy (non-hydrogen) atoms. The molecule has 7 heteroatoms. The second-order valence-electron chi connectivity index (χ2n) is 6.00. The van der Waals surface area contributed by atoms with Crippen LogP contribution in [-0.4, -0.2) is 30.2 Å². The van der Waals surface area contributed by atoms with Gasteiger partial charge in [0.1, 0.15) is 5.82 Å². The van der Waals surface area contributed by atoms with Crippen LogP contribution in [0.15, 0.2) is 53.4 Å². The first-order chi connectivity index (χ1) is 12.4. The van der Waals surface area contributed by atoms with Crippen molar-refractivity contribution in [2.75, 3.05) is 22.5 Å². The van der Waals surface area contributed by atoms with E-state index in [0.717, 1.165) is 10.6 Å². The van der Waals surface area contributed by atoms with Gasteiger partial charge in [0.15, 0.2) is 0 Å². The molecule has 0 fully saturated rings. The Labute approximate surface area is 156 Å². The van der Waals surface area contributed by atoms with E-state index in [1.165, 1.54) is 23.9 Å². The molecule has 0 aliphatic rings. The Balaban J connectivity index is 2.09. The summed E-state index contributed by atoms with van der Waals surface area (Å²) in [4.78, 5) is 26.2. The van der Waals surface area contributed by atoms with Crippen molar-refractivity contribution in [3.05, 3.63) is 54.3 Å². The van der Waals surface area contributed by atoms with E-state index >= 15 is 0 Å². The molecule has 5 nitrogen and oxygen atoms in total. The van der Waals surface area contributed by atoms with Crippen molar-refractivity contribution in [2.45, 2.75) is 24.8 Å². The van der Waals surface area contributed by atoms with Crippen molar-refractivity contribution in [1.29, 1.82) is 0 Å². The minimum atomic E-state index is -0.418. The molecular formula is C19H22FN3O2S. The molecule has 2 rings (SSSR count).